The van der Waals surface area contributed by atoms with Crippen LogP contribution in [0, 0.1) is 0 Å². The molecule has 0 atom stereocenters. The molecule has 0 bridgehead atoms. The first-order valence-electron chi connectivity index (χ1n) is 8.34. The van der Waals surface area contributed by atoms with E-state index in [2.05, 4.69) is 20.5 Å². The van der Waals surface area contributed by atoms with Crippen molar-refractivity contribution < 1.29 is 4.42 Å². The standard InChI is InChI=1S/C19H16N4OS/c1-11(15-9-12-5-2-3-7-14(12)24-15)22-23-18-17-13-6-4-8-16(13)25-19(17)21-10-20-18/h2-3,5,7,9-10H,4,6,8H2,1H3,(H,20,21,23)/b22-11+. The molecule has 5 nitrogen and oxygen atoms in total. The van der Waals surface area contributed by atoms with Crippen molar-refractivity contribution in [1.82, 2.24) is 9.97 Å². The van der Waals surface area contributed by atoms with E-state index < -0.39 is 0 Å². The lowest BCUT2D eigenvalue weighted by Crippen LogP contribution is -2.00. The van der Waals surface area contributed by atoms with Crippen molar-refractivity contribution in [2.45, 2.75) is 26.2 Å². The van der Waals surface area contributed by atoms with Gasteiger partial charge < -0.3 is 4.42 Å². The monoisotopic (exact) mass is 348 g/mol. The van der Waals surface area contributed by atoms with Crippen LogP contribution in [0.2, 0.25) is 0 Å². The van der Waals surface area contributed by atoms with Crippen LogP contribution in [-0.4, -0.2) is 15.7 Å². The number of aromatic nitrogens is 2. The highest BCUT2D eigenvalue weighted by Crippen LogP contribution is 2.39. The molecule has 0 saturated heterocycles. The molecule has 1 aromatic carbocycles. The van der Waals surface area contributed by atoms with E-state index in [1.807, 2.05) is 37.3 Å². The largest absolute Gasteiger partial charge is 0.455 e. The highest BCUT2D eigenvalue weighted by Gasteiger charge is 2.21. The third kappa shape index (κ3) is 2.41. The van der Waals surface area contributed by atoms with E-state index in [1.165, 1.54) is 16.9 Å². The van der Waals surface area contributed by atoms with Gasteiger partial charge in [-0.1, -0.05) is 18.2 Å². The van der Waals surface area contributed by atoms with Crippen LogP contribution in [0.25, 0.3) is 21.2 Å². The summed E-state index contributed by atoms with van der Waals surface area (Å²) >= 11 is 1.78. The molecule has 4 aromatic rings. The van der Waals surface area contributed by atoms with Crippen LogP contribution >= 0.6 is 11.3 Å². The van der Waals surface area contributed by atoms with Gasteiger partial charge in [-0.15, -0.1) is 11.3 Å². The van der Waals surface area contributed by atoms with Gasteiger partial charge in [-0.2, -0.15) is 5.10 Å². The number of benzene rings is 1. The van der Waals surface area contributed by atoms with Crippen LogP contribution in [-0.2, 0) is 12.8 Å². The summed E-state index contributed by atoms with van der Waals surface area (Å²) in [7, 11) is 0. The van der Waals surface area contributed by atoms with Crippen molar-refractivity contribution in [3.8, 4) is 0 Å². The Bertz CT molecular complexity index is 1090. The second-order valence-electron chi connectivity index (χ2n) is 6.22. The normalized spacial score (nSPS) is 14.4. The minimum absolute atomic E-state index is 0.759. The predicted molar refractivity (Wildman–Crippen MR) is 101 cm³/mol. The zero-order chi connectivity index (χ0) is 16.8. The maximum absolute atomic E-state index is 5.86. The van der Waals surface area contributed by atoms with Crippen LogP contribution in [0.3, 0.4) is 0 Å². The van der Waals surface area contributed by atoms with Crippen LogP contribution in [0.15, 0.2) is 46.2 Å². The van der Waals surface area contributed by atoms with E-state index in [0.717, 1.165) is 51.3 Å². The molecule has 1 aliphatic carbocycles. The number of furan rings is 1. The molecule has 1 aliphatic rings. The molecular formula is C19H16N4OS. The highest BCUT2D eigenvalue weighted by atomic mass is 32.1. The van der Waals surface area contributed by atoms with Gasteiger partial charge in [0.15, 0.2) is 11.6 Å². The number of hydrogen-bond donors (Lipinski definition) is 1. The molecule has 0 radical (unpaired) electrons. The van der Waals surface area contributed by atoms with Gasteiger partial charge in [0.25, 0.3) is 0 Å². The molecule has 0 saturated carbocycles. The van der Waals surface area contributed by atoms with Gasteiger partial charge in [0.2, 0.25) is 0 Å². The Morgan fingerprint density at radius 3 is 3.08 bits per heavy atom. The van der Waals surface area contributed by atoms with Crippen molar-refractivity contribution in [2.24, 2.45) is 5.10 Å². The fourth-order valence-corrected chi connectivity index (χ4v) is 4.59. The molecule has 124 valence electrons. The summed E-state index contributed by atoms with van der Waals surface area (Å²) < 4.78 is 5.86. The zero-order valence-electron chi connectivity index (χ0n) is 13.7. The maximum Gasteiger partial charge on any atom is 0.158 e. The van der Waals surface area contributed by atoms with Crippen molar-refractivity contribution in [3.63, 3.8) is 0 Å². The SMILES string of the molecule is C/C(=N\Nc1ncnc2sc3c(c12)CCC3)c1cc2ccccc2o1. The first-order valence-corrected chi connectivity index (χ1v) is 9.16. The van der Waals surface area contributed by atoms with Crippen molar-refractivity contribution in [3.05, 3.63) is 52.9 Å². The van der Waals surface area contributed by atoms with Gasteiger partial charge in [-0.05, 0) is 43.9 Å². The first kappa shape index (κ1) is 14.6. The number of nitrogens with zero attached hydrogens (tertiary/aromatic N) is 3. The van der Waals surface area contributed by atoms with E-state index in [4.69, 9.17) is 4.42 Å². The fraction of sp³-hybridized carbons (Fsp3) is 0.211. The van der Waals surface area contributed by atoms with Gasteiger partial charge in [0, 0.05) is 10.3 Å². The second-order valence-corrected chi connectivity index (χ2v) is 7.30. The van der Waals surface area contributed by atoms with Crippen molar-refractivity contribution in [2.75, 3.05) is 5.43 Å². The number of para-hydroxylation sites is 1. The molecule has 3 heterocycles. The van der Waals surface area contributed by atoms with Gasteiger partial charge >= 0.3 is 0 Å². The van der Waals surface area contributed by atoms with Crippen LogP contribution in [0.1, 0.15) is 29.5 Å². The topological polar surface area (TPSA) is 63.3 Å². The number of rotatable bonds is 3. The quantitative estimate of drug-likeness (QED) is 0.428. The van der Waals surface area contributed by atoms with E-state index >= 15 is 0 Å². The molecule has 6 heteroatoms. The summed E-state index contributed by atoms with van der Waals surface area (Å²) in [5.41, 5.74) is 6.17. The van der Waals surface area contributed by atoms with E-state index in [1.54, 1.807) is 17.7 Å². The van der Waals surface area contributed by atoms with Crippen molar-refractivity contribution >= 4 is 44.1 Å². The first-order chi connectivity index (χ1) is 12.3. The van der Waals surface area contributed by atoms with E-state index in [9.17, 15) is 0 Å². The number of hydrogen-bond acceptors (Lipinski definition) is 6. The number of anilines is 1. The minimum atomic E-state index is 0.759. The molecule has 0 aliphatic heterocycles. The Morgan fingerprint density at radius 1 is 1.24 bits per heavy atom. The summed E-state index contributed by atoms with van der Waals surface area (Å²) in [6.07, 6.45) is 5.07. The lowest BCUT2D eigenvalue weighted by Gasteiger charge is -2.03. The molecule has 0 unspecified atom stereocenters. The molecule has 0 fully saturated rings. The van der Waals surface area contributed by atoms with Crippen LogP contribution in [0.4, 0.5) is 5.82 Å². The minimum Gasteiger partial charge on any atom is -0.455 e. The van der Waals surface area contributed by atoms with Crippen molar-refractivity contribution in [1.29, 1.82) is 0 Å². The number of aryl methyl sites for hydroxylation is 2. The van der Waals surface area contributed by atoms with Gasteiger partial charge in [0.1, 0.15) is 22.5 Å². The third-order valence-electron chi connectivity index (χ3n) is 4.61. The smallest absolute Gasteiger partial charge is 0.158 e. The number of nitrogens with one attached hydrogen (secondary N) is 1. The lowest BCUT2D eigenvalue weighted by molar-refractivity contribution is 0.604. The Labute approximate surface area is 148 Å². The summed E-state index contributed by atoms with van der Waals surface area (Å²) in [5.74, 6) is 1.54. The highest BCUT2D eigenvalue weighted by molar-refractivity contribution is 7.19. The molecule has 0 spiro atoms. The molecule has 5 rings (SSSR count). The Kier molecular flexibility index (Phi) is 3.31. The van der Waals surface area contributed by atoms with Gasteiger partial charge in [-0.3, -0.25) is 5.43 Å². The third-order valence-corrected chi connectivity index (χ3v) is 5.81. The Balaban J connectivity index is 1.51. The van der Waals surface area contributed by atoms with Crippen LogP contribution < -0.4 is 5.43 Å². The zero-order valence-corrected chi connectivity index (χ0v) is 14.6. The number of fused-ring (bicyclic) bond motifs is 4. The molecule has 0 amide bonds. The Hall–Kier alpha value is -2.73. The summed E-state index contributed by atoms with van der Waals surface area (Å²) in [6, 6.07) is 9.97. The van der Waals surface area contributed by atoms with Crippen LogP contribution in [0.5, 0.6) is 0 Å². The lowest BCUT2D eigenvalue weighted by atomic mass is 10.2. The maximum atomic E-state index is 5.86. The van der Waals surface area contributed by atoms with E-state index in [0.29, 0.717) is 0 Å². The fourth-order valence-electron chi connectivity index (χ4n) is 3.37. The summed E-state index contributed by atoms with van der Waals surface area (Å²) in [6.45, 7) is 1.93. The summed E-state index contributed by atoms with van der Waals surface area (Å²) in [4.78, 5) is 11.3. The van der Waals surface area contributed by atoms with E-state index in [-0.39, 0.29) is 0 Å². The second kappa shape index (κ2) is 5.67. The molecule has 3 aromatic heterocycles. The molecule has 25 heavy (non-hydrogen) atoms. The average Bonchev–Trinajstić information content (AvgIpc) is 3.32. The number of thiophene rings is 1. The van der Waals surface area contributed by atoms with Gasteiger partial charge in [0.05, 0.1) is 5.39 Å². The Morgan fingerprint density at radius 2 is 2.16 bits per heavy atom. The molecule has 1 N–H and O–H groups in total. The molecular weight excluding hydrogens is 332 g/mol. The average molecular weight is 348 g/mol. The van der Waals surface area contributed by atoms with Gasteiger partial charge in [-0.25, -0.2) is 9.97 Å². The summed E-state index contributed by atoms with van der Waals surface area (Å²) in [5, 5.41) is 6.70. The number of hydrazone groups is 1. The predicted octanol–water partition coefficient (Wildman–Crippen LogP) is 4.76.